The van der Waals surface area contributed by atoms with E-state index in [2.05, 4.69) is 12.2 Å². The first-order chi connectivity index (χ1) is 8.13. The van der Waals surface area contributed by atoms with Gasteiger partial charge in [-0.3, -0.25) is 10.1 Å². The van der Waals surface area contributed by atoms with Crippen molar-refractivity contribution < 1.29 is 4.92 Å². The second kappa shape index (κ2) is 6.81. The molecule has 4 nitrogen and oxygen atoms in total. The Labute approximate surface area is 101 Å². The van der Waals surface area contributed by atoms with Crippen LogP contribution in [0.25, 0.3) is 6.08 Å². The second-order valence-corrected chi connectivity index (χ2v) is 4.02. The van der Waals surface area contributed by atoms with E-state index in [1.165, 1.54) is 17.7 Å². The summed E-state index contributed by atoms with van der Waals surface area (Å²) in [5.41, 5.74) is 2.34. The van der Waals surface area contributed by atoms with E-state index in [4.69, 9.17) is 0 Å². The zero-order chi connectivity index (χ0) is 12.7. The van der Waals surface area contributed by atoms with Crippen LogP contribution in [0.4, 0.5) is 5.69 Å². The molecule has 0 saturated carbocycles. The van der Waals surface area contributed by atoms with Crippen molar-refractivity contribution in [3.05, 3.63) is 45.5 Å². The van der Waals surface area contributed by atoms with Crippen LogP contribution in [-0.2, 0) is 0 Å². The Hall–Kier alpha value is -1.68. The summed E-state index contributed by atoms with van der Waals surface area (Å²) in [5, 5.41) is 13.8. The first kappa shape index (κ1) is 13.4. The van der Waals surface area contributed by atoms with E-state index >= 15 is 0 Å². The maximum atomic E-state index is 10.5. The Morgan fingerprint density at radius 3 is 2.59 bits per heavy atom. The fraction of sp³-hybridized carbons (Fsp3) is 0.385. The molecule has 0 bridgehead atoms. The van der Waals surface area contributed by atoms with E-state index in [9.17, 15) is 10.1 Å². The van der Waals surface area contributed by atoms with E-state index in [0.29, 0.717) is 0 Å². The van der Waals surface area contributed by atoms with Gasteiger partial charge in [0.25, 0.3) is 5.69 Å². The predicted molar refractivity (Wildman–Crippen MR) is 69.9 cm³/mol. The van der Waals surface area contributed by atoms with Gasteiger partial charge in [-0.1, -0.05) is 18.6 Å². The van der Waals surface area contributed by atoms with Gasteiger partial charge in [0, 0.05) is 18.7 Å². The Morgan fingerprint density at radius 2 is 2.06 bits per heavy atom. The summed E-state index contributed by atoms with van der Waals surface area (Å²) in [6, 6.07) is 6.58. The number of benzene rings is 1. The van der Waals surface area contributed by atoms with Gasteiger partial charge < -0.3 is 5.32 Å². The van der Waals surface area contributed by atoms with Crippen LogP contribution < -0.4 is 5.32 Å². The molecule has 0 amide bonds. The lowest BCUT2D eigenvalue weighted by Gasteiger charge is -2.03. The highest BCUT2D eigenvalue weighted by atomic mass is 16.6. The standard InChI is InChI=1S/C13H18N2O2/c1-3-8-14-10-11(2)9-12-4-6-13(7-5-12)15(16)17/h4-7,9,14H,3,8,10H2,1-2H3. The van der Waals surface area contributed by atoms with Crippen molar-refractivity contribution in [1.82, 2.24) is 5.32 Å². The minimum Gasteiger partial charge on any atom is -0.313 e. The van der Waals surface area contributed by atoms with Crippen LogP contribution in [0.2, 0.25) is 0 Å². The minimum atomic E-state index is -0.386. The van der Waals surface area contributed by atoms with E-state index < -0.39 is 0 Å². The predicted octanol–water partition coefficient (Wildman–Crippen LogP) is 3.00. The molecular formula is C13H18N2O2. The molecule has 0 saturated heterocycles. The number of nitrogens with one attached hydrogen (secondary N) is 1. The molecule has 92 valence electrons. The SMILES string of the molecule is CCCNCC(C)=Cc1ccc([N+](=O)[O-])cc1. The lowest BCUT2D eigenvalue weighted by molar-refractivity contribution is -0.384. The van der Waals surface area contributed by atoms with Gasteiger partial charge in [0.1, 0.15) is 0 Å². The molecule has 1 aromatic carbocycles. The smallest absolute Gasteiger partial charge is 0.269 e. The van der Waals surface area contributed by atoms with E-state index in [1.807, 2.05) is 13.0 Å². The lowest BCUT2D eigenvalue weighted by atomic mass is 10.1. The van der Waals surface area contributed by atoms with Crippen molar-refractivity contribution in [3.63, 3.8) is 0 Å². The summed E-state index contributed by atoms with van der Waals surface area (Å²) in [4.78, 5) is 10.1. The van der Waals surface area contributed by atoms with Gasteiger partial charge in [-0.25, -0.2) is 0 Å². The maximum Gasteiger partial charge on any atom is 0.269 e. The van der Waals surface area contributed by atoms with Crippen molar-refractivity contribution >= 4 is 11.8 Å². The highest BCUT2D eigenvalue weighted by Gasteiger charge is 2.02. The quantitative estimate of drug-likeness (QED) is 0.467. The molecular weight excluding hydrogens is 216 g/mol. The van der Waals surface area contributed by atoms with Crippen LogP contribution >= 0.6 is 0 Å². The van der Waals surface area contributed by atoms with Crippen LogP contribution in [0.15, 0.2) is 29.8 Å². The number of rotatable bonds is 6. The van der Waals surface area contributed by atoms with E-state index in [0.717, 1.165) is 25.1 Å². The number of nitro groups is 1. The van der Waals surface area contributed by atoms with E-state index in [1.54, 1.807) is 12.1 Å². The van der Waals surface area contributed by atoms with Crippen molar-refractivity contribution in [3.8, 4) is 0 Å². The Balaban J connectivity index is 2.61. The number of nitrogens with zero attached hydrogens (tertiary/aromatic N) is 1. The molecule has 1 N–H and O–H groups in total. The topological polar surface area (TPSA) is 55.2 Å². The van der Waals surface area contributed by atoms with Crippen LogP contribution in [0, 0.1) is 10.1 Å². The van der Waals surface area contributed by atoms with Crippen LogP contribution in [0.3, 0.4) is 0 Å². The number of non-ortho nitro benzene ring substituents is 1. The van der Waals surface area contributed by atoms with Gasteiger partial charge in [-0.15, -0.1) is 0 Å². The average molecular weight is 234 g/mol. The van der Waals surface area contributed by atoms with Crippen LogP contribution in [-0.4, -0.2) is 18.0 Å². The molecule has 0 spiro atoms. The zero-order valence-electron chi connectivity index (χ0n) is 10.3. The average Bonchev–Trinajstić information content (AvgIpc) is 2.30. The van der Waals surface area contributed by atoms with Crippen molar-refractivity contribution in [2.75, 3.05) is 13.1 Å². The van der Waals surface area contributed by atoms with Crippen LogP contribution in [0.1, 0.15) is 25.8 Å². The molecule has 0 aliphatic rings. The largest absolute Gasteiger partial charge is 0.313 e. The summed E-state index contributed by atoms with van der Waals surface area (Å²) in [7, 11) is 0. The van der Waals surface area contributed by atoms with Crippen molar-refractivity contribution in [2.24, 2.45) is 0 Å². The van der Waals surface area contributed by atoms with Gasteiger partial charge in [0.2, 0.25) is 0 Å². The fourth-order valence-electron chi connectivity index (χ4n) is 1.49. The summed E-state index contributed by atoms with van der Waals surface area (Å²) in [6.07, 6.45) is 3.15. The first-order valence-electron chi connectivity index (χ1n) is 5.76. The van der Waals surface area contributed by atoms with Crippen molar-refractivity contribution in [1.29, 1.82) is 0 Å². The summed E-state index contributed by atoms with van der Waals surface area (Å²) >= 11 is 0. The highest BCUT2D eigenvalue weighted by Crippen LogP contribution is 2.13. The molecule has 0 heterocycles. The molecule has 0 fully saturated rings. The third kappa shape index (κ3) is 4.78. The third-order valence-corrected chi connectivity index (χ3v) is 2.35. The molecule has 17 heavy (non-hydrogen) atoms. The number of hydrogen-bond acceptors (Lipinski definition) is 3. The maximum absolute atomic E-state index is 10.5. The lowest BCUT2D eigenvalue weighted by Crippen LogP contribution is -2.16. The molecule has 0 unspecified atom stereocenters. The Bertz CT molecular complexity index is 396. The number of nitro benzene ring substituents is 1. The summed E-state index contributed by atoms with van der Waals surface area (Å²) < 4.78 is 0. The zero-order valence-corrected chi connectivity index (χ0v) is 10.3. The molecule has 1 aromatic rings. The summed E-state index contributed by atoms with van der Waals surface area (Å²) in [6.45, 7) is 6.03. The molecule has 0 atom stereocenters. The monoisotopic (exact) mass is 234 g/mol. The van der Waals surface area contributed by atoms with Gasteiger partial charge in [-0.05, 0) is 37.6 Å². The fourth-order valence-corrected chi connectivity index (χ4v) is 1.49. The van der Waals surface area contributed by atoms with Crippen LogP contribution in [0.5, 0.6) is 0 Å². The number of hydrogen-bond donors (Lipinski definition) is 1. The normalized spacial score (nSPS) is 11.5. The molecule has 0 aliphatic carbocycles. The molecule has 4 heteroatoms. The van der Waals surface area contributed by atoms with Gasteiger partial charge in [0.15, 0.2) is 0 Å². The third-order valence-electron chi connectivity index (χ3n) is 2.35. The summed E-state index contributed by atoms with van der Waals surface area (Å²) in [5.74, 6) is 0. The van der Waals surface area contributed by atoms with Gasteiger partial charge >= 0.3 is 0 Å². The van der Waals surface area contributed by atoms with Crippen molar-refractivity contribution in [2.45, 2.75) is 20.3 Å². The van der Waals surface area contributed by atoms with E-state index in [-0.39, 0.29) is 10.6 Å². The minimum absolute atomic E-state index is 0.129. The van der Waals surface area contributed by atoms with Gasteiger partial charge in [-0.2, -0.15) is 0 Å². The molecule has 0 aromatic heterocycles. The first-order valence-corrected chi connectivity index (χ1v) is 5.76. The molecule has 0 radical (unpaired) electrons. The molecule has 1 rings (SSSR count). The molecule has 0 aliphatic heterocycles. The Morgan fingerprint density at radius 1 is 1.41 bits per heavy atom. The van der Waals surface area contributed by atoms with Gasteiger partial charge in [0.05, 0.1) is 4.92 Å². The Kier molecular flexibility index (Phi) is 5.36. The second-order valence-electron chi connectivity index (χ2n) is 4.02. The highest BCUT2D eigenvalue weighted by molar-refractivity contribution is 5.54.